The van der Waals surface area contributed by atoms with E-state index in [9.17, 15) is 9.59 Å². The van der Waals surface area contributed by atoms with Gasteiger partial charge < -0.3 is 10.3 Å². The largest absolute Gasteiger partial charge is 0.360 e. The molecule has 3 amide bonds. The topological polar surface area (TPSA) is 95.9 Å². The van der Waals surface area contributed by atoms with Gasteiger partial charge in [-0.1, -0.05) is 48.2 Å². The Morgan fingerprint density at radius 2 is 1.88 bits per heavy atom. The Morgan fingerprint density at radius 1 is 1.06 bits per heavy atom. The van der Waals surface area contributed by atoms with E-state index in [-0.39, 0.29) is 18.5 Å². The quantitative estimate of drug-likeness (QED) is 0.256. The second kappa shape index (κ2) is 8.51. The lowest BCUT2D eigenvalue weighted by molar-refractivity contribution is -0.124. The Kier molecular flexibility index (Phi) is 5.40. The molecular weight excluding hydrogens is 424 g/mol. The summed E-state index contributed by atoms with van der Waals surface area (Å²) in [5.74, 6) is 1.30. The zero-order valence-electron chi connectivity index (χ0n) is 17.5. The number of rotatable bonds is 7. The third kappa shape index (κ3) is 3.64. The van der Waals surface area contributed by atoms with Crippen LogP contribution in [0.15, 0.2) is 59.9 Å². The standard InChI is InChI=1S/C23H22N6O2S/c1-15-7-2-5-10-19(15)29-21(17-13-24-18-9-4-3-8-16(17)18)26-27-23(29)32-12-6-11-28-20(30)14-25-22(28)31/h2-5,7-10,13,24H,6,11-12,14H2,1H3,(H,25,31). The number of hydrogen-bond donors (Lipinski definition) is 2. The number of aromatic nitrogens is 4. The average molecular weight is 447 g/mol. The van der Waals surface area contributed by atoms with E-state index >= 15 is 0 Å². The number of benzene rings is 2. The van der Waals surface area contributed by atoms with Gasteiger partial charge in [-0.15, -0.1) is 10.2 Å². The molecule has 0 saturated carbocycles. The first-order valence-electron chi connectivity index (χ1n) is 10.4. The minimum absolute atomic E-state index is 0.0849. The Labute approximate surface area is 189 Å². The SMILES string of the molecule is Cc1ccccc1-n1c(SCCCN2C(=O)CNC2=O)nnc1-c1c[nH]c2ccccc12. The normalized spacial score (nSPS) is 13.8. The van der Waals surface area contributed by atoms with Crippen LogP contribution in [0.2, 0.25) is 0 Å². The summed E-state index contributed by atoms with van der Waals surface area (Å²) in [6.07, 6.45) is 2.64. The van der Waals surface area contributed by atoms with Crippen molar-refractivity contribution in [3.05, 3.63) is 60.3 Å². The summed E-state index contributed by atoms with van der Waals surface area (Å²) in [5, 5.41) is 13.5. The predicted molar refractivity (Wildman–Crippen MR) is 124 cm³/mol. The van der Waals surface area contributed by atoms with Crippen molar-refractivity contribution in [2.45, 2.75) is 18.5 Å². The van der Waals surface area contributed by atoms with Gasteiger partial charge in [0.25, 0.3) is 0 Å². The van der Waals surface area contributed by atoms with E-state index in [0.717, 1.165) is 38.7 Å². The molecule has 0 bridgehead atoms. The van der Waals surface area contributed by atoms with E-state index in [1.165, 1.54) is 4.90 Å². The van der Waals surface area contributed by atoms with E-state index in [4.69, 9.17) is 0 Å². The fraction of sp³-hybridized carbons (Fsp3) is 0.217. The molecule has 8 nitrogen and oxygen atoms in total. The summed E-state index contributed by atoms with van der Waals surface area (Å²) in [4.78, 5) is 28.1. The van der Waals surface area contributed by atoms with E-state index in [1.54, 1.807) is 11.8 Å². The van der Waals surface area contributed by atoms with Crippen LogP contribution in [0, 0.1) is 6.92 Å². The summed E-state index contributed by atoms with van der Waals surface area (Å²) >= 11 is 1.57. The van der Waals surface area contributed by atoms with Crippen LogP contribution < -0.4 is 5.32 Å². The second-order valence-electron chi connectivity index (χ2n) is 7.58. The Morgan fingerprint density at radius 3 is 2.69 bits per heavy atom. The molecule has 2 aromatic carbocycles. The van der Waals surface area contributed by atoms with Gasteiger partial charge in [0.05, 0.1) is 12.2 Å². The molecule has 9 heteroatoms. The Bertz CT molecular complexity index is 1290. The highest BCUT2D eigenvalue weighted by atomic mass is 32.2. The lowest BCUT2D eigenvalue weighted by atomic mass is 10.1. The molecule has 0 spiro atoms. The third-order valence-corrected chi connectivity index (χ3v) is 6.53. The number of imide groups is 1. The number of thioether (sulfide) groups is 1. The van der Waals surface area contributed by atoms with Gasteiger partial charge in [-0.25, -0.2) is 4.79 Å². The summed E-state index contributed by atoms with van der Waals surface area (Å²) in [6.45, 7) is 2.55. The number of nitrogens with zero attached hydrogens (tertiary/aromatic N) is 4. The number of hydrogen-bond acceptors (Lipinski definition) is 5. The first-order chi connectivity index (χ1) is 15.6. The van der Waals surface area contributed by atoms with Crippen LogP contribution in [0.5, 0.6) is 0 Å². The molecule has 3 heterocycles. The minimum atomic E-state index is -0.315. The predicted octanol–water partition coefficient (Wildman–Crippen LogP) is 3.76. The number of aryl methyl sites for hydroxylation is 1. The maximum Gasteiger partial charge on any atom is 0.324 e. The second-order valence-corrected chi connectivity index (χ2v) is 8.64. The maximum atomic E-state index is 11.8. The number of fused-ring (bicyclic) bond motifs is 1. The third-order valence-electron chi connectivity index (χ3n) is 5.51. The van der Waals surface area contributed by atoms with Gasteiger partial charge in [0.2, 0.25) is 5.91 Å². The van der Waals surface area contributed by atoms with Gasteiger partial charge in [0.1, 0.15) is 0 Å². The maximum absolute atomic E-state index is 11.8. The highest BCUT2D eigenvalue weighted by molar-refractivity contribution is 7.99. The Hall–Kier alpha value is -3.59. The van der Waals surface area contributed by atoms with Gasteiger partial charge in [-0.2, -0.15) is 0 Å². The molecule has 0 aliphatic carbocycles. The molecule has 1 fully saturated rings. The molecular formula is C23H22N6O2S. The van der Waals surface area contributed by atoms with E-state index in [2.05, 4.69) is 50.2 Å². The van der Waals surface area contributed by atoms with Crippen molar-refractivity contribution in [3.63, 3.8) is 0 Å². The van der Waals surface area contributed by atoms with Crippen molar-refractivity contribution in [1.82, 2.24) is 30.0 Å². The number of urea groups is 1. The van der Waals surface area contributed by atoms with Crippen molar-refractivity contribution in [1.29, 1.82) is 0 Å². The van der Waals surface area contributed by atoms with Crippen LogP contribution in [0.1, 0.15) is 12.0 Å². The molecule has 32 heavy (non-hydrogen) atoms. The van der Waals surface area contributed by atoms with Crippen LogP contribution in [0.25, 0.3) is 28.0 Å². The molecule has 0 radical (unpaired) electrons. The fourth-order valence-electron chi connectivity index (χ4n) is 3.89. The van der Waals surface area contributed by atoms with Gasteiger partial charge in [0, 0.05) is 35.0 Å². The van der Waals surface area contributed by atoms with Crippen molar-refractivity contribution >= 4 is 34.6 Å². The number of carbonyl (C=O) groups excluding carboxylic acids is 2. The number of amides is 3. The molecule has 0 unspecified atom stereocenters. The van der Waals surface area contributed by atoms with Gasteiger partial charge >= 0.3 is 6.03 Å². The summed E-state index contributed by atoms with van der Waals surface area (Å²) < 4.78 is 2.09. The number of nitrogens with one attached hydrogen (secondary N) is 2. The average Bonchev–Trinajstić information content (AvgIpc) is 3.49. The smallest absolute Gasteiger partial charge is 0.324 e. The highest BCUT2D eigenvalue weighted by Gasteiger charge is 2.27. The van der Waals surface area contributed by atoms with Crippen LogP contribution in [0.4, 0.5) is 4.79 Å². The zero-order chi connectivity index (χ0) is 22.1. The zero-order valence-corrected chi connectivity index (χ0v) is 18.4. The first-order valence-corrected chi connectivity index (χ1v) is 11.4. The van der Waals surface area contributed by atoms with Crippen molar-refractivity contribution in [2.75, 3.05) is 18.8 Å². The van der Waals surface area contributed by atoms with Crippen molar-refractivity contribution in [2.24, 2.45) is 0 Å². The molecule has 162 valence electrons. The lowest BCUT2D eigenvalue weighted by Crippen LogP contribution is -2.32. The number of aromatic amines is 1. The van der Waals surface area contributed by atoms with Crippen LogP contribution in [-0.2, 0) is 4.79 Å². The number of H-pyrrole nitrogens is 1. The minimum Gasteiger partial charge on any atom is -0.360 e. The highest BCUT2D eigenvalue weighted by Crippen LogP contribution is 2.33. The molecule has 1 saturated heterocycles. The number of carbonyl (C=O) groups is 2. The molecule has 1 aliphatic rings. The molecule has 2 N–H and O–H groups in total. The Balaban J connectivity index is 1.45. The van der Waals surface area contributed by atoms with Crippen molar-refractivity contribution < 1.29 is 9.59 Å². The fourth-order valence-corrected chi connectivity index (χ4v) is 4.76. The van der Waals surface area contributed by atoms with E-state index in [0.29, 0.717) is 18.7 Å². The molecule has 1 aliphatic heterocycles. The monoisotopic (exact) mass is 446 g/mol. The first kappa shape index (κ1) is 20.3. The molecule has 4 aromatic rings. The molecule has 2 aromatic heterocycles. The summed E-state index contributed by atoms with van der Waals surface area (Å²) in [6, 6.07) is 16.0. The van der Waals surface area contributed by atoms with Crippen LogP contribution in [0.3, 0.4) is 0 Å². The van der Waals surface area contributed by atoms with E-state index < -0.39 is 0 Å². The van der Waals surface area contributed by atoms with Crippen LogP contribution >= 0.6 is 11.8 Å². The van der Waals surface area contributed by atoms with Gasteiger partial charge in [0.15, 0.2) is 11.0 Å². The van der Waals surface area contributed by atoms with Gasteiger partial charge in [-0.05, 0) is 31.0 Å². The molecule has 5 rings (SSSR count). The number of para-hydroxylation sites is 2. The molecule has 0 atom stereocenters. The lowest BCUT2D eigenvalue weighted by Gasteiger charge is -2.13. The van der Waals surface area contributed by atoms with Crippen LogP contribution in [-0.4, -0.2) is 55.4 Å². The van der Waals surface area contributed by atoms with Crippen molar-refractivity contribution in [3.8, 4) is 17.1 Å². The van der Waals surface area contributed by atoms with E-state index in [1.807, 2.05) is 36.5 Å². The summed E-state index contributed by atoms with van der Waals surface area (Å²) in [7, 11) is 0. The summed E-state index contributed by atoms with van der Waals surface area (Å²) in [5.41, 5.74) is 4.18. The van der Waals surface area contributed by atoms with Gasteiger partial charge in [-0.3, -0.25) is 14.3 Å².